The van der Waals surface area contributed by atoms with Crippen molar-refractivity contribution in [3.05, 3.63) is 48.2 Å². The van der Waals surface area contributed by atoms with E-state index in [0.717, 1.165) is 29.6 Å². The maximum Gasteiger partial charge on any atom is 0.134 e. The van der Waals surface area contributed by atoms with Crippen molar-refractivity contribution in [3.63, 3.8) is 0 Å². The topological polar surface area (TPSA) is 51.2 Å². The summed E-state index contributed by atoms with van der Waals surface area (Å²) in [6, 6.07) is 10.7. The number of fused-ring (bicyclic) bond motifs is 1. The van der Waals surface area contributed by atoms with Gasteiger partial charge in [-0.15, -0.1) is 0 Å². The van der Waals surface area contributed by atoms with E-state index >= 15 is 0 Å². The summed E-state index contributed by atoms with van der Waals surface area (Å²) >= 11 is 0. The molecule has 0 spiro atoms. The van der Waals surface area contributed by atoms with Crippen LogP contribution in [0, 0.1) is 0 Å². The minimum atomic E-state index is 0.0994. The van der Waals surface area contributed by atoms with Gasteiger partial charge in [-0.25, -0.2) is 0 Å². The van der Waals surface area contributed by atoms with Gasteiger partial charge in [0.25, 0.3) is 0 Å². The monoisotopic (exact) mass is 242 g/mol. The van der Waals surface area contributed by atoms with Crippen LogP contribution in [0.15, 0.2) is 46.9 Å². The number of para-hydroxylation sites is 1. The molecule has 3 N–H and O–H groups in total. The Bertz CT molecular complexity index is 517. The molecular formula is C15H18N2O. The second-order valence-electron chi connectivity index (χ2n) is 4.78. The van der Waals surface area contributed by atoms with E-state index in [0.29, 0.717) is 12.6 Å². The lowest BCUT2D eigenvalue weighted by atomic mass is 10.1. The fraction of sp³-hybridized carbons (Fsp3) is 0.333. The number of nitrogens with two attached hydrogens (primary N) is 1. The Morgan fingerprint density at radius 1 is 1.28 bits per heavy atom. The number of hydrogen-bond acceptors (Lipinski definition) is 3. The van der Waals surface area contributed by atoms with E-state index < -0.39 is 0 Å². The smallest absolute Gasteiger partial charge is 0.134 e. The predicted octanol–water partition coefficient (Wildman–Crippen LogP) is 2.74. The molecule has 0 bridgehead atoms. The first kappa shape index (κ1) is 11.5. The minimum absolute atomic E-state index is 0.0994. The van der Waals surface area contributed by atoms with Crippen LogP contribution in [0.1, 0.15) is 24.6 Å². The molecule has 3 rings (SSSR count). The predicted molar refractivity (Wildman–Crippen MR) is 73.3 cm³/mol. The van der Waals surface area contributed by atoms with Crippen molar-refractivity contribution in [2.45, 2.75) is 24.9 Å². The highest BCUT2D eigenvalue weighted by Crippen LogP contribution is 2.24. The lowest BCUT2D eigenvalue weighted by Crippen LogP contribution is -2.35. The molecule has 1 aliphatic carbocycles. The fourth-order valence-corrected chi connectivity index (χ4v) is 2.48. The fourth-order valence-electron chi connectivity index (χ4n) is 2.48. The van der Waals surface area contributed by atoms with Gasteiger partial charge in [0.2, 0.25) is 0 Å². The quantitative estimate of drug-likeness (QED) is 0.810. The first-order chi connectivity index (χ1) is 8.86. The SMILES string of the molecule is NCC(NC1CC=CC1)c1cc2ccccc2o1. The first-order valence-electron chi connectivity index (χ1n) is 6.46. The third-order valence-electron chi connectivity index (χ3n) is 3.47. The van der Waals surface area contributed by atoms with Gasteiger partial charge in [-0.05, 0) is 25.0 Å². The lowest BCUT2D eigenvalue weighted by molar-refractivity contribution is 0.392. The summed E-state index contributed by atoms with van der Waals surface area (Å²) in [4.78, 5) is 0. The summed E-state index contributed by atoms with van der Waals surface area (Å²) in [5, 5.41) is 4.70. The van der Waals surface area contributed by atoms with Crippen molar-refractivity contribution in [2.75, 3.05) is 6.54 Å². The van der Waals surface area contributed by atoms with E-state index in [4.69, 9.17) is 10.2 Å². The molecule has 1 atom stereocenters. The molecule has 0 amide bonds. The molecular weight excluding hydrogens is 224 g/mol. The van der Waals surface area contributed by atoms with E-state index in [-0.39, 0.29) is 6.04 Å². The normalized spacial score (nSPS) is 17.6. The molecule has 0 saturated heterocycles. The molecule has 1 aromatic carbocycles. The van der Waals surface area contributed by atoms with Crippen LogP contribution in [0.2, 0.25) is 0 Å². The zero-order chi connectivity index (χ0) is 12.4. The standard InChI is InChI=1S/C15H18N2O/c16-10-13(17-12-6-2-3-7-12)15-9-11-5-1-4-8-14(11)18-15/h1-5,8-9,12-13,17H,6-7,10,16H2. The maximum absolute atomic E-state index is 5.87. The van der Waals surface area contributed by atoms with Gasteiger partial charge in [0, 0.05) is 18.0 Å². The Morgan fingerprint density at radius 3 is 2.78 bits per heavy atom. The summed E-state index contributed by atoms with van der Waals surface area (Å²) in [5.74, 6) is 0.936. The number of benzene rings is 1. The lowest BCUT2D eigenvalue weighted by Gasteiger charge is -2.19. The summed E-state index contributed by atoms with van der Waals surface area (Å²) in [6.07, 6.45) is 6.58. The molecule has 1 unspecified atom stereocenters. The largest absolute Gasteiger partial charge is 0.459 e. The van der Waals surface area contributed by atoms with Crippen molar-refractivity contribution in [3.8, 4) is 0 Å². The molecule has 2 aromatic rings. The Kier molecular flexibility index (Phi) is 3.17. The van der Waals surface area contributed by atoms with Crippen LogP contribution in [0.5, 0.6) is 0 Å². The van der Waals surface area contributed by atoms with Crippen molar-refractivity contribution in [2.24, 2.45) is 5.73 Å². The Hall–Kier alpha value is -1.58. The van der Waals surface area contributed by atoms with Crippen LogP contribution in [0.3, 0.4) is 0 Å². The van der Waals surface area contributed by atoms with Crippen LogP contribution >= 0.6 is 0 Å². The van der Waals surface area contributed by atoms with Crippen LogP contribution in [0.25, 0.3) is 11.0 Å². The van der Waals surface area contributed by atoms with E-state index in [1.54, 1.807) is 0 Å². The highest BCUT2D eigenvalue weighted by Gasteiger charge is 2.19. The summed E-state index contributed by atoms with van der Waals surface area (Å²) in [7, 11) is 0. The molecule has 0 aliphatic heterocycles. The number of nitrogens with one attached hydrogen (secondary N) is 1. The molecule has 18 heavy (non-hydrogen) atoms. The van der Waals surface area contributed by atoms with Crippen LogP contribution in [0.4, 0.5) is 0 Å². The van der Waals surface area contributed by atoms with Gasteiger partial charge in [-0.2, -0.15) is 0 Å². The Morgan fingerprint density at radius 2 is 2.06 bits per heavy atom. The molecule has 0 saturated carbocycles. The van der Waals surface area contributed by atoms with Gasteiger partial charge in [-0.3, -0.25) is 0 Å². The van der Waals surface area contributed by atoms with Crippen LogP contribution in [-0.2, 0) is 0 Å². The van der Waals surface area contributed by atoms with Crippen molar-refractivity contribution < 1.29 is 4.42 Å². The van der Waals surface area contributed by atoms with E-state index in [1.165, 1.54) is 0 Å². The second kappa shape index (κ2) is 4.96. The molecule has 3 heteroatoms. The first-order valence-corrected chi connectivity index (χ1v) is 6.46. The van der Waals surface area contributed by atoms with Gasteiger partial charge in [-0.1, -0.05) is 30.4 Å². The second-order valence-corrected chi connectivity index (χ2v) is 4.78. The van der Waals surface area contributed by atoms with Gasteiger partial charge in [0.05, 0.1) is 6.04 Å². The minimum Gasteiger partial charge on any atom is -0.459 e. The molecule has 0 radical (unpaired) electrons. The zero-order valence-electron chi connectivity index (χ0n) is 10.3. The summed E-state index contributed by atoms with van der Waals surface area (Å²) in [5.41, 5.74) is 6.79. The van der Waals surface area contributed by atoms with Gasteiger partial charge in [0.15, 0.2) is 0 Å². The maximum atomic E-state index is 5.87. The average Bonchev–Trinajstić information content (AvgIpc) is 3.04. The highest BCUT2D eigenvalue weighted by atomic mass is 16.3. The Balaban J connectivity index is 1.81. The molecule has 3 nitrogen and oxygen atoms in total. The van der Waals surface area contributed by atoms with E-state index in [9.17, 15) is 0 Å². The zero-order valence-corrected chi connectivity index (χ0v) is 10.3. The van der Waals surface area contributed by atoms with Crippen molar-refractivity contribution in [1.82, 2.24) is 5.32 Å². The molecule has 94 valence electrons. The third kappa shape index (κ3) is 2.19. The molecule has 0 fully saturated rings. The van der Waals surface area contributed by atoms with E-state index in [2.05, 4.69) is 29.6 Å². The average molecular weight is 242 g/mol. The van der Waals surface area contributed by atoms with Crippen LogP contribution in [-0.4, -0.2) is 12.6 Å². The Labute approximate surface area is 107 Å². The van der Waals surface area contributed by atoms with Crippen molar-refractivity contribution >= 4 is 11.0 Å². The van der Waals surface area contributed by atoms with Gasteiger partial charge in [0.1, 0.15) is 11.3 Å². The van der Waals surface area contributed by atoms with Crippen LogP contribution < -0.4 is 11.1 Å². The summed E-state index contributed by atoms with van der Waals surface area (Å²) in [6.45, 7) is 0.552. The third-order valence-corrected chi connectivity index (χ3v) is 3.47. The molecule has 1 aliphatic rings. The molecule has 1 aromatic heterocycles. The number of hydrogen-bond donors (Lipinski definition) is 2. The number of furan rings is 1. The van der Waals surface area contributed by atoms with E-state index in [1.807, 2.05) is 18.2 Å². The highest BCUT2D eigenvalue weighted by molar-refractivity contribution is 5.77. The number of rotatable bonds is 4. The molecule has 1 heterocycles. The summed E-state index contributed by atoms with van der Waals surface area (Å²) < 4.78 is 5.87. The van der Waals surface area contributed by atoms with Gasteiger partial charge >= 0.3 is 0 Å². The van der Waals surface area contributed by atoms with Crippen molar-refractivity contribution in [1.29, 1.82) is 0 Å². The van der Waals surface area contributed by atoms with Gasteiger partial charge < -0.3 is 15.5 Å².